The Hall–Kier alpha value is -0.0800. The van der Waals surface area contributed by atoms with Gasteiger partial charge in [0.05, 0.1) is 6.10 Å². The molecule has 2 atom stereocenters. The number of nitrogens with one attached hydrogen (secondary N) is 1. The van der Waals surface area contributed by atoms with E-state index in [-0.39, 0.29) is 6.10 Å². The molecule has 0 radical (unpaired) electrons. The zero-order valence-electron chi connectivity index (χ0n) is 11.0. The molecule has 1 aliphatic rings. The van der Waals surface area contributed by atoms with Crippen molar-refractivity contribution in [3.63, 3.8) is 0 Å². The largest absolute Gasteiger partial charge is 0.392 e. The molecule has 0 aromatic rings. The van der Waals surface area contributed by atoms with Gasteiger partial charge in [0.2, 0.25) is 0 Å². The summed E-state index contributed by atoms with van der Waals surface area (Å²) in [6.07, 6.45) is 10.1. The van der Waals surface area contributed by atoms with E-state index in [1.165, 1.54) is 51.4 Å². The molecule has 0 aliphatic heterocycles. The van der Waals surface area contributed by atoms with Crippen LogP contribution in [-0.4, -0.2) is 23.8 Å². The summed E-state index contributed by atoms with van der Waals surface area (Å²) in [5, 5.41) is 13.6. The van der Waals surface area contributed by atoms with Gasteiger partial charge in [-0.25, -0.2) is 0 Å². The summed E-state index contributed by atoms with van der Waals surface area (Å²) >= 11 is 0. The molecule has 1 rings (SSSR count). The molecule has 2 unspecified atom stereocenters. The van der Waals surface area contributed by atoms with Crippen molar-refractivity contribution in [3.05, 3.63) is 0 Å². The van der Waals surface area contributed by atoms with E-state index in [1.807, 2.05) is 0 Å². The molecule has 0 heterocycles. The quantitative estimate of drug-likeness (QED) is 0.700. The van der Waals surface area contributed by atoms with Gasteiger partial charge in [-0.05, 0) is 32.1 Å². The van der Waals surface area contributed by atoms with Crippen LogP contribution in [0.3, 0.4) is 0 Å². The lowest BCUT2D eigenvalue weighted by Crippen LogP contribution is -2.38. The highest BCUT2D eigenvalue weighted by Crippen LogP contribution is 2.26. The second-order valence-electron chi connectivity index (χ2n) is 5.42. The van der Waals surface area contributed by atoms with Crippen molar-refractivity contribution in [2.45, 2.75) is 77.4 Å². The van der Waals surface area contributed by atoms with E-state index in [2.05, 4.69) is 19.2 Å². The standard InChI is InChI=1S/C14H29NO/c1-3-4-8-12(2)15-11-14(16)13-9-6-5-7-10-13/h12-16H,3-11H2,1-2H3. The van der Waals surface area contributed by atoms with Gasteiger partial charge in [-0.2, -0.15) is 0 Å². The molecule has 0 amide bonds. The number of aliphatic hydroxyl groups is 1. The highest BCUT2D eigenvalue weighted by Gasteiger charge is 2.21. The van der Waals surface area contributed by atoms with Gasteiger partial charge in [-0.15, -0.1) is 0 Å². The van der Waals surface area contributed by atoms with Crippen molar-refractivity contribution < 1.29 is 5.11 Å². The third-order valence-corrected chi connectivity index (χ3v) is 3.86. The first kappa shape index (κ1) is 14.0. The lowest BCUT2D eigenvalue weighted by atomic mass is 9.85. The SMILES string of the molecule is CCCCC(C)NCC(O)C1CCCCC1. The van der Waals surface area contributed by atoms with Crippen LogP contribution >= 0.6 is 0 Å². The lowest BCUT2D eigenvalue weighted by Gasteiger charge is -2.27. The van der Waals surface area contributed by atoms with Crippen LogP contribution in [0.5, 0.6) is 0 Å². The maximum atomic E-state index is 10.1. The molecule has 1 saturated carbocycles. The van der Waals surface area contributed by atoms with E-state index < -0.39 is 0 Å². The van der Waals surface area contributed by atoms with E-state index >= 15 is 0 Å². The lowest BCUT2D eigenvalue weighted by molar-refractivity contribution is 0.0815. The summed E-state index contributed by atoms with van der Waals surface area (Å²) in [5.41, 5.74) is 0. The van der Waals surface area contributed by atoms with Crippen LogP contribution in [0.15, 0.2) is 0 Å². The summed E-state index contributed by atoms with van der Waals surface area (Å²) in [6.45, 7) is 5.24. The molecule has 0 bridgehead atoms. The van der Waals surface area contributed by atoms with Crippen molar-refractivity contribution in [2.75, 3.05) is 6.54 Å². The predicted molar refractivity (Wildman–Crippen MR) is 69.6 cm³/mol. The summed E-state index contributed by atoms with van der Waals surface area (Å²) < 4.78 is 0. The fourth-order valence-electron chi connectivity index (χ4n) is 2.62. The molecule has 0 saturated heterocycles. The van der Waals surface area contributed by atoms with Crippen molar-refractivity contribution in [2.24, 2.45) is 5.92 Å². The minimum atomic E-state index is -0.121. The number of rotatable bonds is 7. The third kappa shape index (κ3) is 5.31. The molecular weight excluding hydrogens is 198 g/mol. The second kappa shape index (κ2) is 8.08. The molecular formula is C14H29NO. The average molecular weight is 227 g/mol. The van der Waals surface area contributed by atoms with Crippen LogP contribution in [0.2, 0.25) is 0 Å². The zero-order valence-corrected chi connectivity index (χ0v) is 11.0. The molecule has 2 N–H and O–H groups in total. The Labute approximate surface area is 101 Å². The van der Waals surface area contributed by atoms with Crippen LogP contribution in [0.1, 0.15) is 65.2 Å². The van der Waals surface area contributed by atoms with E-state index in [0.29, 0.717) is 12.0 Å². The number of hydrogen-bond acceptors (Lipinski definition) is 2. The molecule has 1 aliphatic carbocycles. The van der Waals surface area contributed by atoms with E-state index in [0.717, 1.165) is 6.54 Å². The Morgan fingerprint density at radius 1 is 1.25 bits per heavy atom. The minimum Gasteiger partial charge on any atom is -0.392 e. The Morgan fingerprint density at radius 2 is 1.94 bits per heavy atom. The zero-order chi connectivity index (χ0) is 11.8. The van der Waals surface area contributed by atoms with E-state index in [4.69, 9.17) is 0 Å². The molecule has 2 nitrogen and oxygen atoms in total. The molecule has 96 valence electrons. The highest BCUT2D eigenvalue weighted by molar-refractivity contribution is 4.76. The highest BCUT2D eigenvalue weighted by atomic mass is 16.3. The summed E-state index contributed by atoms with van der Waals surface area (Å²) in [5.74, 6) is 0.555. The van der Waals surface area contributed by atoms with E-state index in [9.17, 15) is 5.11 Å². The van der Waals surface area contributed by atoms with Gasteiger partial charge in [0.15, 0.2) is 0 Å². The normalized spacial score (nSPS) is 21.9. The van der Waals surface area contributed by atoms with Crippen molar-refractivity contribution in [1.29, 1.82) is 0 Å². The average Bonchev–Trinajstić information content (AvgIpc) is 2.34. The Bertz CT molecular complexity index is 166. The molecule has 16 heavy (non-hydrogen) atoms. The summed E-state index contributed by atoms with van der Waals surface area (Å²) in [4.78, 5) is 0. The molecule has 2 heteroatoms. The molecule has 0 aromatic heterocycles. The molecule has 1 fully saturated rings. The van der Waals surface area contributed by atoms with Gasteiger partial charge in [0, 0.05) is 12.6 Å². The number of aliphatic hydroxyl groups excluding tert-OH is 1. The van der Waals surface area contributed by atoms with Gasteiger partial charge in [-0.1, -0.05) is 39.0 Å². The Morgan fingerprint density at radius 3 is 2.56 bits per heavy atom. The predicted octanol–water partition coefficient (Wildman–Crippen LogP) is 3.10. The van der Waals surface area contributed by atoms with Gasteiger partial charge in [0.1, 0.15) is 0 Å². The minimum absolute atomic E-state index is 0.121. The topological polar surface area (TPSA) is 32.3 Å². The van der Waals surface area contributed by atoms with Crippen molar-refractivity contribution in [3.8, 4) is 0 Å². The van der Waals surface area contributed by atoms with Crippen molar-refractivity contribution >= 4 is 0 Å². The maximum Gasteiger partial charge on any atom is 0.0692 e. The van der Waals surface area contributed by atoms with Gasteiger partial charge < -0.3 is 10.4 Å². The summed E-state index contributed by atoms with van der Waals surface area (Å²) in [6, 6.07) is 0.554. The maximum absolute atomic E-state index is 10.1. The Kier molecular flexibility index (Phi) is 7.06. The third-order valence-electron chi connectivity index (χ3n) is 3.86. The molecule has 0 aromatic carbocycles. The van der Waals surface area contributed by atoms with Crippen LogP contribution in [-0.2, 0) is 0 Å². The second-order valence-corrected chi connectivity index (χ2v) is 5.42. The number of unbranched alkanes of at least 4 members (excludes halogenated alkanes) is 1. The van der Waals surface area contributed by atoms with Gasteiger partial charge in [0.25, 0.3) is 0 Å². The fourth-order valence-corrected chi connectivity index (χ4v) is 2.62. The van der Waals surface area contributed by atoms with Gasteiger partial charge in [-0.3, -0.25) is 0 Å². The Balaban J connectivity index is 2.10. The smallest absolute Gasteiger partial charge is 0.0692 e. The fraction of sp³-hybridized carbons (Fsp3) is 1.00. The first-order valence-corrected chi connectivity index (χ1v) is 7.15. The van der Waals surface area contributed by atoms with Crippen molar-refractivity contribution in [1.82, 2.24) is 5.32 Å². The number of hydrogen-bond donors (Lipinski definition) is 2. The van der Waals surface area contributed by atoms with Crippen LogP contribution in [0.4, 0.5) is 0 Å². The van der Waals surface area contributed by atoms with E-state index in [1.54, 1.807) is 0 Å². The first-order valence-electron chi connectivity index (χ1n) is 7.15. The van der Waals surface area contributed by atoms with Crippen LogP contribution in [0, 0.1) is 5.92 Å². The van der Waals surface area contributed by atoms with Crippen LogP contribution < -0.4 is 5.32 Å². The summed E-state index contributed by atoms with van der Waals surface area (Å²) in [7, 11) is 0. The first-order chi connectivity index (χ1) is 7.74. The van der Waals surface area contributed by atoms with Crippen LogP contribution in [0.25, 0.3) is 0 Å². The van der Waals surface area contributed by atoms with Gasteiger partial charge >= 0.3 is 0 Å². The molecule has 0 spiro atoms. The monoisotopic (exact) mass is 227 g/mol.